The Morgan fingerprint density at radius 2 is 1.63 bits per heavy atom. The van der Waals surface area contributed by atoms with Crippen LogP contribution in [-0.4, -0.2) is 26.8 Å². The van der Waals surface area contributed by atoms with Crippen molar-refractivity contribution in [2.75, 3.05) is 25.8 Å². The molecule has 3 aromatic carbocycles. The monoisotopic (exact) mass is 413 g/mol. The summed E-state index contributed by atoms with van der Waals surface area (Å²) in [6, 6.07) is 17.6. The molecule has 0 radical (unpaired) electrons. The summed E-state index contributed by atoms with van der Waals surface area (Å²) in [5, 5.41) is 0. The first-order valence-electron chi connectivity index (χ1n) is 9.15. The Bertz CT molecular complexity index is 1010. The van der Waals surface area contributed by atoms with Crippen molar-refractivity contribution in [3.8, 4) is 23.0 Å². The van der Waals surface area contributed by atoms with Gasteiger partial charge in [0.15, 0.2) is 12.4 Å². The molecule has 30 heavy (non-hydrogen) atoms. The smallest absolute Gasteiger partial charge is 0.258 e. The van der Waals surface area contributed by atoms with Gasteiger partial charge in [0.1, 0.15) is 23.1 Å². The Labute approximate surface area is 173 Å². The van der Waals surface area contributed by atoms with E-state index in [1.54, 1.807) is 42.5 Å². The van der Waals surface area contributed by atoms with Crippen molar-refractivity contribution in [3.63, 3.8) is 0 Å². The molecule has 0 aliphatic rings. The zero-order chi connectivity index (χ0) is 21.5. The molecule has 0 N–H and O–H groups in total. The van der Waals surface area contributed by atoms with Crippen molar-refractivity contribution in [1.82, 2.24) is 0 Å². The first-order valence-corrected chi connectivity index (χ1v) is 9.15. The lowest BCUT2D eigenvalue weighted by molar-refractivity contribution is -0.119. The summed E-state index contributed by atoms with van der Waals surface area (Å²) in [5.41, 5.74) is 0.667. The van der Waals surface area contributed by atoms with E-state index in [0.717, 1.165) is 11.0 Å². The number of carbonyl (C=O) groups is 1. The van der Waals surface area contributed by atoms with Crippen LogP contribution in [0.2, 0.25) is 0 Å². The van der Waals surface area contributed by atoms with E-state index in [9.17, 15) is 13.6 Å². The number of hydrogen-bond donors (Lipinski definition) is 0. The Morgan fingerprint density at radius 3 is 2.30 bits per heavy atom. The Hall–Kier alpha value is -3.61. The minimum atomic E-state index is -1.26. The van der Waals surface area contributed by atoms with E-state index in [1.165, 1.54) is 26.4 Å². The maximum Gasteiger partial charge on any atom is 0.258 e. The highest BCUT2D eigenvalue weighted by Gasteiger charge is 2.23. The molecule has 1 amide bonds. The molecule has 7 heteroatoms. The third-order valence-electron chi connectivity index (χ3n) is 4.41. The van der Waals surface area contributed by atoms with Gasteiger partial charge in [-0.15, -0.1) is 0 Å². The average molecular weight is 413 g/mol. The highest BCUT2D eigenvalue weighted by molar-refractivity contribution is 5.95. The fourth-order valence-corrected chi connectivity index (χ4v) is 2.96. The molecule has 156 valence electrons. The number of halogens is 2. The average Bonchev–Trinajstić information content (AvgIpc) is 2.78. The van der Waals surface area contributed by atoms with E-state index in [4.69, 9.17) is 14.2 Å². The van der Waals surface area contributed by atoms with Gasteiger partial charge in [-0.05, 0) is 42.5 Å². The van der Waals surface area contributed by atoms with Gasteiger partial charge < -0.3 is 19.1 Å². The molecule has 0 saturated carbocycles. The van der Waals surface area contributed by atoms with Crippen molar-refractivity contribution in [1.29, 1.82) is 0 Å². The number of alkyl halides is 1. The van der Waals surface area contributed by atoms with E-state index in [-0.39, 0.29) is 18.0 Å². The normalized spacial score (nSPS) is 10.4. The topological polar surface area (TPSA) is 48.0 Å². The first-order chi connectivity index (χ1) is 14.5. The van der Waals surface area contributed by atoms with Crippen molar-refractivity contribution in [2.45, 2.75) is 6.54 Å². The van der Waals surface area contributed by atoms with Gasteiger partial charge in [-0.2, -0.15) is 0 Å². The minimum Gasteiger partial charge on any atom is -0.497 e. The van der Waals surface area contributed by atoms with Crippen molar-refractivity contribution < 1.29 is 27.8 Å². The number of rotatable bonds is 8. The van der Waals surface area contributed by atoms with E-state index in [0.29, 0.717) is 22.8 Å². The second kappa shape index (κ2) is 9.73. The lowest BCUT2D eigenvalue weighted by Crippen LogP contribution is -2.32. The molecular weight excluding hydrogens is 392 g/mol. The molecule has 0 saturated heterocycles. The number of carbonyl (C=O) groups excluding carboxylic acids is 1. The predicted octanol–water partition coefficient (Wildman–Crippen LogP) is 5.14. The fourth-order valence-electron chi connectivity index (χ4n) is 2.96. The van der Waals surface area contributed by atoms with Gasteiger partial charge in [0.2, 0.25) is 0 Å². The van der Waals surface area contributed by atoms with Crippen molar-refractivity contribution >= 4 is 11.6 Å². The van der Waals surface area contributed by atoms with Gasteiger partial charge >= 0.3 is 0 Å². The molecule has 0 spiro atoms. The van der Waals surface area contributed by atoms with Crippen molar-refractivity contribution in [2.24, 2.45) is 0 Å². The first kappa shape index (κ1) is 21.1. The number of para-hydroxylation sites is 1. The largest absolute Gasteiger partial charge is 0.497 e. The van der Waals surface area contributed by atoms with Crippen LogP contribution in [0.5, 0.6) is 23.0 Å². The van der Waals surface area contributed by atoms with Gasteiger partial charge in [0.05, 0.1) is 26.5 Å². The Kier molecular flexibility index (Phi) is 6.85. The summed E-state index contributed by atoms with van der Waals surface area (Å²) >= 11 is 0. The van der Waals surface area contributed by atoms with Crippen LogP contribution in [0, 0.1) is 5.82 Å². The highest BCUT2D eigenvalue weighted by atomic mass is 19.1. The summed E-state index contributed by atoms with van der Waals surface area (Å²) in [6.07, 6.45) is 0. The summed E-state index contributed by atoms with van der Waals surface area (Å²) in [6.45, 7) is -1.33. The molecule has 3 rings (SSSR count). The van der Waals surface area contributed by atoms with Crippen LogP contribution in [-0.2, 0) is 11.3 Å². The van der Waals surface area contributed by atoms with Crippen LogP contribution in [0.15, 0.2) is 66.7 Å². The van der Waals surface area contributed by atoms with E-state index in [2.05, 4.69) is 0 Å². The molecule has 0 atom stereocenters. The summed E-state index contributed by atoms with van der Waals surface area (Å²) < 4.78 is 43.9. The lowest BCUT2D eigenvalue weighted by atomic mass is 10.1. The SMILES string of the molecule is COc1ccc(OC)c(CN(C(=O)CF)c2cc(F)ccc2Oc2ccccc2)c1. The highest BCUT2D eigenvalue weighted by Crippen LogP contribution is 2.35. The molecule has 0 heterocycles. The number of methoxy groups -OCH3 is 2. The molecule has 0 aliphatic heterocycles. The van der Waals surface area contributed by atoms with E-state index in [1.807, 2.05) is 6.07 Å². The molecule has 0 aliphatic carbocycles. The van der Waals surface area contributed by atoms with E-state index < -0.39 is 18.4 Å². The van der Waals surface area contributed by atoms with Gasteiger partial charge in [-0.3, -0.25) is 4.79 Å². The molecule has 0 aromatic heterocycles. The van der Waals surface area contributed by atoms with Gasteiger partial charge in [0, 0.05) is 11.6 Å². The molecule has 0 fully saturated rings. The third kappa shape index (κ3) is 4.86. The van der Waals surface area contributed by atoms with Gasteiger partial charge in [-0.25, -0.2) is 8.78 Å². The summed E-state index contributed by atoms with van der Waals surface area (Å²) in [5.74, 6) is 0.305. The second-order valence-corrected chi connectivity index (χ2v) is 6.32. The van der Waals surface area contributed by atoms with Gasteiger partial charge in [-0.1, -0.05) is 18.2 Å². The quantitative estimate of drug-likeness (QED) is 0.513. The Balaban J connectivity index is 2.04. The number of hydrogen-bond acceptors (Lipinski definition) is 4. The Morgan fingerprint density at radius 1 is 0.900 bits per heavy atom. The minimum absolute atomic E-state index is 0.0717. The lowest BCUT2D eigenvalue weighted by Gasteiger charge is -2.25. The number of nitrogens with zero attached hydrogens (tertiary/aromatic N) is 1. The second-order valence-electron chi connectivity index (χ2n) is 6.32. The third-order valence-corrected chi connectivity index (χ3v) is 4.41. The van der Waals surface area contributed by atoms with Crippen LogP contribution >= 0.6 is 0 Å². The van der Waals surface area contributed by atoms with Crippen LogP contribution in [0.3, 0.4) is 0 Å². The molecule has 0 unspecified atom stereocenters. The van der Waals surface area contributed by atoms with Crippen LogP contribution in [0.25, 0.3) is 0 Å². The molecule has 3 aromatic rings. The predicted molar refractivity (Wildman–Crippen MR) is 110 cm³/mol. The van der Waals surface area contributed by atoms with Crippen molar-refractivity contribution in [3.05, 3.63) is 78.1 Å². The fraction of sp³-hybridized carbons (Fsp3) is 0.174. The molecular formula is C23H21F2NO4. The van der Waals surface area contributed by atoms with Gasteiger partial charge in [0.25, 0.3) is 5.91 Å². The molecule has 5 nitrogen and oxygen atoms in total. The van der Waals surface area contributed by atoms with Crippen LogP contribution in [0.1, 0.15) is 5.56 Å². The van der Waals surface area contributed by atoms with Crippen LogP contribution < -0.4 is 19.1 Å². The zero-order valence-electron chi connectivity index (χ0n) is 16.6. The van der Waals surface area contributed by atoms with Crippen LogP contribution in [0.4, 0.5) is 14.5 Å². The number of amides is 1. The molecule has 0 bridgehead atoms. The summed E-state index contributed by atoms with van der Waals surface area (Å²) in [7, 11) is 2.99. The standard InChI is InChI=1S/C23H21F2NO4/c1-28-19-9-11-21(29-2)16(12-19)15-26(23(27)14-24)20-13-17(25)8-10-22(20)30-18-6-4-3-5-7-18/h3-13H,14-15H2,1-2H3. The number of benzene rings is 3. The maximum absolute atomic E-state index is 14.1. The zero-order valence-corrected chi connectivity index (χ0v) is 16.6. The summed E-state index contributed by atoms with van der Waals surface area (Å²) in [4.78, 5) is 13.6. The van der Waals surface area contributed by atoms with E-state index >= 15 is 0 Å². The number of ether oxygens (including phenoxy) is 3. The maximum atomic E-state index is 14.1. The number of anilines is 1.